The van der Waals surface area contributed by atoms with Crippen LogP contribution in [-0.2, 0) is 0 Å². The Morgan fingerprint density at radius 2 is 1.71 bits per heavy atom. The van der Waals surface area contributed by atoms with Crippen molar-refractivity contribution in [2.75, 3.05) is 0 Å². The van der Waals surface area contributed by atoms with Crippen molar-refractivity contribution in [3.05, 3.63) is 23.4 Å². The molecule has 0 amide bonds. The van der Waals surface area contributed by atoms with Crippen molar-refractivity contribution in [3.63, 3.8) is 0 Å². The maximum Gasteiger partial charge on any atom is 0.0934 e. The number of nitriles is 2. The van der Waals surface area contributed by atoms with Gasteiger partial charge in [0.15, 0.2) is 0 Å². The standard InChI is InChI=1S/C13H16N4/c1-12(2,8-14)10-6-5-7-16-17-11(10)13(3,4)9-15/h5-7,17H,1-4H3. The number of hydrogen-bond donors (Lipinski definition) is 1. The van der Waals surface area contributed by atoms with Gasteiger partial charge in [-0.1, -0.05) is 6.08 Å². The normalized spacial score (nSPS) is 15.9. The summed E-state index contributed by atoms with van der Waals surface area (Å²) < 4.78 is 0. The average molecular weight is 228 g/mol. The molecule has 0 saturated heterocycles. The second-order valence-corrected chi connectivity index (χ2v) is 5.01. The van der Waals surface area contributed by atoms with Crippen LogP contribution in [0.3, 0.4) is 0 Å². The zero-order valence-electron chi connectivity index (χ0n) is 10.6. The fourth-order valence-electron chi connectivity index (χ4n) is 1.54. The van der Waals surface area contributed by atoms with E-state index in [1.807, 2.05) is 19.9 Å². The highest BCUT2D eigenvalue weighted by Gasteiger charge is 2.33. The van der Waals surface area contributed by atoms with Crippen LogP contribution in [0.15, 0.2) is 28.5 Å². The van der Waals surface area contributed by atoms with Crippen LogP contribution in [0.5, 0.6) is 0 Å². The lowest BCUT2D eigenvalue weighted by atomic mass is 9.78. The zero-order valence-corrected chi connectivity index (χ0v) is 10.6. The van der Waals surface area contributed by atoms with Gasteiger partial charge in [0.2, 0.25) is 0 Å². The summed E-state index contributed by atoms with van der Waals surface area (Å²) in [6, 6.07) is 4.48. The molecule has 1 rings (SSSR count). The average Bonchev–Trinajstić information content (AvgIpc) is 2.55. The van der Waals surface area contributed by atoms with E-state index in [1.165, 1.54) is 0 Å². The lowest BCUT2D eigenvalue weighted by molar-refractivity contribution is 0.503. The van der Waals surface area contributed by atoms with Crippen LogP contribution in [-0.4, -0.2) is 6.21 Å². The van der Waals surface area contributed by atoms with Gasteiger partial charge in [-0.3, -0.25) is 5.43 Å². The Labute approximate surface area is 102 Å². The maximum absolute atomic E-state index is 9.22. The number of allylic oxidation sites excluding steroid dienone is 4. The lowest BCUT2D eigenvalue weighted by Crippen LogP contribution is -2.27. The first-order valence-electron chi connectivity index (χ1n) is 5.38. The molecular weight excluding hydrogens is 212 g/mol. The van der Waals surface area contributed by atoms with Crippen LogP contribution < -0.4 is 5.43 Å². The lowest BCUT2D eigenvalue weighted by Gasteiger charge is -2.27. The molecular formula is C13H16N4. The summed E-state index contributed by atoms with van der Waals surface area (Å²) >= 11 is 0. The molecule has 88 valence electrons. The van der Waals surface area contributed by atoms with E-state index in [9.17, 15) is 10.5 Å². The molecule has 4 nitrogen and oxygen atoms in total. The van der Waals surface area contributed by atoms with Crippen molar-refractivity contribution >= 4 is 6.21 Å². The molecule has 1 heterocycles. The molecule has 0 aliphatic carbocycles. The molecule has 4 heteroatoms. The SMILES string of the molecule is CC(C)(C#N)C1=C(C(C)(C)C#N)NN=CC=C1. The number of nitrogens with zero attached hydrogens (tertiary/aromatic N) is 3. The fourth-order valence-corrected chi connectivity index (χ4v) is 1.54. The van der Waals surface area contributed by atoms with Crippen molar-refractivity contribution in [3.8, 4) is 12.1 Å². The van der Waals surface area contributed by atoms with E-state index in [0.717, 1.165) is 5.57 Å². The highest BCUT2D eigenvalue weighted by Crippen LogP contribution is 2.36. The fraction of sp³-hybridized carbons (Fsp3) is 0.462. The minimum Gasteiger partial charge on any atom is -0.281 e. The number of nitrogens with one attached hydrogen (secondary N) is 1. The second kappa shape index (κ2) is 4.43. The molecule has 0 aromatic heterocycles. The third-order valence-corrected chi connectivity index (χ3v) is 2.73. The first-order valence-corrected chi connectivity index (χ1v) is 5.38. The largest absolute Gasteiger partial charge is 0.281 e. The molecule has 0 atom stereocenters. The van der Waals surface area contributed by atoms with Gasteiger partial charge in [0, 0.05) is 6.21 Å². The first-order chi connectivity index (χ1) is 7.85. The minimum atomic E-state index is -0.713. The van der Waals surface area contributed by atoms with Crippen LogP contribution in [0.2, 0.25) is 0 Å². The molecule has 0 aromatic rings. The van der Waals surface area contributed by atoms with Gasteiger partial charge >= 0.3 is 0 Å². The summed E-state index contributed by atoms with van der Waals surface area (Å²) in [5.74, 6) is 0. The van der Waals surface area contributed by atoms with Crippen LogP contribution in [0.4, 0.5) is 0 Å². The topological polar surface area (TPSA) is 72.0 Å². The predicted octanol–water partition coefficient (Wildman–Crippen LogP) is 2.49. The van der Waals surface area contributed by atoms with Gasteiger partial charge in [-0.2, -0.15) is 15.6 Å². The van der Waals surface area contributed by atoms with E-state index in [1.54, 1.807) is 26.1 Å². The zero-order chi connectivity index (χ0) is 13.1. The van der Waals surface area contributed by atoms with E-state index in [2.05, 4.69) is 22.7 Å². The van der Waals surface area contributed by atoms with Gasteiger partial charge in [-0.25, -0.2) is 0 Å². The number of hydrazone groups is 1. The van der Waals surface area contributed by atoms with Crippen LogP contribution in [0.25, 0.3) is 0 Å². The van der Waals surface area contributed by atoms with E-state index < -0.39 is 10.8 Å². The van der Waals surface area contributed by atoms with Crippen molar-refractivity contribution in [2.24, 2.45) is 15.9 Å². The molecule has 0 aromatic carbocycles. The molecule has 0 fully saturated rings. The summed E-state index contributed by atoms with van der Waals surface area (Å²) in [6.45, 7) is 7.26. The summed E-state index contributed by atoms with van der Waals surface area (Å²) in [5.41, 5.74) is 2.97. The molecule has 1 N–H and O–H groups in total. The highest BCUT2D eigenvalue weighted by molar-refractivity contribution is 5.73. The Kier molecular flexibility index (Phi) is 3.39. The molecule has 0 saturated carbocycles. The monoisotopic (exact) mass is 228 g/mol. The van der Waals surface area contributed by atoms with E-state index in [4.69, 9.17) is 0 Å². The third-order valence-electron chi connectivity index (χ3n) is 2.73. The van der Waals surface area contributed by atoms with E-state index >= 15 is 0 Å². The predicted molar refractivity (Wildman–Crippen MR) is 66.6 cm³/mol. The van der Waals surface area contributed by atoms with Crippen LogP contribution in [0.1, 0.15) is 27.7 Å². The number of hydrogen-bond acceptors (Lipinski definition) is 4. The van der Waals surface area contributed by atoms with Crippen LogP contribution in [0, 0.1) is 33.5 Å². The van der Waals surface area contributed by atoms with Crippen molar-refractivity contribution in [1.29, 1.82) is 10.5 Å². The van der Waals surface area contributed by atoms with Gasteiger partial charge < -0.3 is 0 Å². The van der Waals surface area contributed by atoms with Gasteiger partial charge in [-0.15, -0.1) is 0 Å². The van der Waals surface area contributed by atoms with Crippen molar-refractivity contribution in [2.45, 2.75) is 27.7 Å². The minimum absolute atomic E-state index is 0.666. The Bertz CT molecular complexity index is 479. The van der Waals surface area contributed by atoms with Gasteiger partial charge in [0.25, 0.3) is 0 Å². The second-order valence-electron chi connectivity index (χ2n) is 5.01. The van der Waals surface area contributed by atoms with Gasteiger partial charge in [0.1, 0.15) is 0 Å². The molecule has 0 spiro atoms. The third kappa shape index (κ3) is 2.54. The van der Waals surface area contributed by atoms with E-state index in [-0.39, 0.29) is 0 Å². The number of rotatable bonds is 2. The highest BCUT2D eigenvalue weighted by atomic mass is 15.3. The Morgan fingerprint density at radius 1 is 1.12 bits per heavy atom. The molecule has 0 radical (unpaired) electrons. The molecule has 0 unspecified atom stereocenters. The summed E-state index contributed by atoms with van der Waals surface area (Å²) in [4.78, 5) is 0. The van der Waals surface area contributed by atoms with E-state index in [0.29, 0.717) is 5.70 Å². The van der Waals surface area contributed by atoms with Gasteiger partial charge in [-0.05, 0) is 39.3 Å². The van der Waals surface area contributed by atoms with Crippen molar-refractivity contribution in [1.82, 2.24) is 5.43 Å². The molecule has 0 bridgehead atoms. The Hall–Kier alpha value is -2.07. The summed E-state index contributed by atoms with van der Waals surface area (Å²) in [6.07, 6.45) is 5.21. The Morgan fingerprint density at radius 3 is 2.24 bits per heavy atom. The van der Waals surface area contributed by atoms with Crippen LogP contribution >= 0.6 is 0 Å². The Balaban J connectivity index is 3.45. The quantitative estimate of drug-likeness (QED) is 0.789. The molecule has 1 aliphatic rings. The molecule has 1 aliphatic heterocycles. The first kappa shape index (κ1) is 13.0. The van der Waals surface area contributed by atoms with Crippen molar-refractivity contribution < 1.29 is 0 Å². The molecule has 17 heavy (non-hydrogen) atoms. The van der Waals surface area contributed by atoms with Gasteiger partial charge in [0.05, 0.1) is 28.7 Å². The summed E-state index contributed by atoms with van der Waals surface area (Å²) in [7, 11) is 0. The smallest absolute Gasteiger partial charge is 0.0934 e. The summed E-state index contributed by atoms with van der Waals surface area (Å²) in [5, 5.41) is 22.4. The maximum atomic E-state index is 9.22.